The molecule has 0 amide bonds. The van der Waals surface area contributed by atoms with Crippen LogP contribution in [0.1, 0.15) is 0 Å². The van der Waals surface area contributed by atoms with Gasteiger partial charge in [-0.3, -0.25) is 0 Å². The Morgan fingerprint density at radius 2 is 1.75 bits per heavy atom. The van der Waals surface area contributed by atoms with Gasteiger partial charge in [0.15, 0.2) is 0 Å². The van der Waals surface area contributed by atoms with Crippen molar-refractivity contribution in [1.82, 2.24) is 4.57 Å². The van der Waals surface area contributed by atoms with E-state index in [1.807, 2.05) is 24.3 Å². The maximum atomic E-state index is 11.4. The molecule has 1 aromatic heterocycles. The second kappa shape index (κ2) is 4.38. The van der Waals surface area contributed by atoms with Gasteiger partial charge in [-0.05, 0) is 34.8 Å². The average Bonchev–Trinajstić information content (AvgIpc) is 2.74. The molecule has 0 saturated heterocycles. The van der Waals surface area contributed by atoms with Gasteiger partial charge in [0.05, 0.1) is 12.6 Å². The summed E-state index contributed by atoms with van der Waals surface area (Å²) in [6.45, 7) is 0. The highest BCUT2D eigenvalue weighted by Gasteiger charge is 2.25. The van der Waals surface area contributed by atoms with Crippen molar-refractivity contribution in [3.8, 4) is 16.9 Å². The highest BCUT2D eigenvalue weighted by molar-refractivity contribution is 6.01. The van der Waals surface area contributed by atoms with Crippen molar-refractivity contribution in [1.29, 1.82) is 0 Å². The maximum Gasteiger partial charge on any atom is 0.331 e. The van der Waals surface area contributed by atoms with E-state index in [-0.39, 0.29) is 16.5 Å². The van der Waals surface area contributed by atoms with E-state index in [0.717, 1.165) is 10.9 Å². The molecule has 100 valence electrons. The minimum Gasteiger partial charge on any atom is -0.508 e. The lowest BCUT2D eigenvalue weighted by atomic mass is 10.0. The molecular weight excluding hydrogens is 256 g/mol. The van der Waals surface area contributed by atoms with Gasteiger partial charge in [0, 0.05) is 5.39 Å². The number of aromatic nitrogens is 1. The molecule has 0 spiro atoms. The summed E-state index contributed by atoms with van der Waals surface area (Å²) in [6, 6.07) is 13.9. The first-order chi connectivity index (χ1) is 9.59. The van der Waals surface area contributed by atoms with E-state index in [0.29, 0.717) is 11.1 Å². The first-order valence-electron chi connectivity index (χ1n) is 6.11. The van der Waals surface area contributed by atoms with Crippen LogP contribution >= 0.6 is 0 Å². The first-order valence-corrected chi connectivity index (χ1v) is 6.11. The Bertz CT molecular complexity index is 804. The van der Waals surface area contributed by atoms with Crippen molar-refractivity contribution in [3.05, 3.63) is 58.6 Å². The molecule has 20 heavy (non-hydrogen) atoms. The summed E-state index contributed by atoms with van der Waals surface area (Å²) >= 11 is 0. The molecule has 0 atom stereocenters. The van der Waals surface area contributed by atoms with E-state index in [4.69, 9.17) is 0 Å². The molecule has 5 nitrogen and oxygen atoms in total. The summed E-state index contributed by atoms with van der Waals surface area (Å²) in [5.74, 6) is 0.188. The molecule has 1 heterocycles. The van der Waals surface area contributed by atoms with Crippen molar-refractivity contribution >= 4 is 16.7 Å². The van der Waals surface area contributed by atoms with Gasteiger partial charge in [-0.1, -0.05) is 24.3 Å². The number of hydrogen-bond acceptors (Lipinski definition) is 3. The fraction of sp³-hybridized carbons (Fsp3) is 0.0667. The summed E-state index contributed by atoms with van der Waals surface area (Å²) in [5.41, 5.74) is 2.10. The smallest absolute Gasteiger partial charge is 0.331 e. The second-order valence-corrected chi connectivity index (χ2v) is 4.58. The number of nitro groups is 1. The third-order valence-corrected chi connectivity index (χ3v) is 3.40. The first kappa shape index (κ1) is 12.2. The van der Waals surface area contributed by atoms with Crippen LogP contribution in [-0.2, 0) is 7.05 Å². The highest BCUT2D eigenvalue weighted by atomic mass is 16.6. The van der Waals surface area contributed by atoms with Gasteiger partial charge in [-0.15, -0.1) is 0 Å². The normalized spacial score (nSPS) is 10.8. The Balaban J connectivity index is 2.41. The standard InChI is InChI=1S/C15H12N2O3/c1-16-13-5-3-2-4-12(13)14(15(16)17(19)20)10-6-8-11(18)9-7-10/h2-9,18H,1H3. The van der Waals surface area contributed by atoms with Crippen molar-refractivity contribution in [3.63, 3.8) is 0 Å². The van der Waals surface area contributed by atoms with E-state index >= 15 is 0 Å². The van der Waals surface area contributed by atoms with Crippen molar-refractivity contribution < 1.29 is 10.0 Å². The number of nitrogens with zero attached hydrogens (tertiary/aromatic N) is 2. The lowest BCUT2D eigenvalue weighted by Crippen LogP contribution is -1.97. The van der Waals surface area contributed by atoms with Crippen LogP contribution in [0.5, 0.6) is 5.75 Å². The van der Waals surface area contributed by atoms with Crippen LogP contribution in [-0.4, -0.2) is 14.6 Å². The molecule has 5 heteroatoms. The number of aryl methyl sites for hydroxylation is 1. The number of rotatable bonds is 2. The summed E-state index contributed by atoms with van der Waals surface area (Å²) in [4.78, 5) is 11.0. The number of benzene rings is 2. The Hall–Kier alpha value is -2.82. The number of phenols is 1. The number of phenolic OH excluding ortho intramolecular Hbond substituents is 1. The van der Waals surface area contributed by atoms with Crippen LogP contribution in [0, 0.1) is 10.1 Å². The molecule has 0 bridgehead atoms. The minimum atomic E-state index is -0.373. The largest absolute Gasteiger partial charge is 0.508 e. The van der Waals surface area contributed by atoms with Crippen LogP contribution in [0.2, 0.25) is 0 Å². The molecule has 3 aromatic rings. The van der Waals surface area contributed by atoms with Gasteiger partial charge in [-0.2, -0.15) is 0 Å². The summed E-state index contributed by atoms with van der Waals surface area (Å²) in [5, 5.41) is 21.6. The van der Waals surface area contributed by atoms with E-state index in [1.54, 1.807) is 23.7 Å². The Morgan fingerprint density at radius 3 is 2.40 bits per heavy atom. The van der Waals surface area contributed by atoms with Gasteiger partial charge in [-0.25, -0.2) is 4.57 Å². The fourth-order valence-electron chi connectivity index (χ4n) is 2.51. The van der Waals surface area contributed by atoms with Crippen molar-refractivity contribution in [2.75, 3.05) is 0 Å². The lowest BCUT2D eigenvalue weighted by Gasteiger charge is -2.02. The molecule has 0 aliphatic rings. The molecule has 1 N–H and O–H groups in total. The molecule has 0 saturated carbocycles. The molecule has 0 fully saturated rings. The molecule has 0 radical (unpaired) electrons. The van der Waals surface area contributed by atoms with E-state index in [9.17, 15) is 15.2 Å². The van der Waals surface area contributed by atoms with Crippen LogP contribution in [0.25, 0.3) is 22.0 Å². The van der Waals surface area contributed by atoms with Crippen LogP contribution in [0.3, 0.4) is 0 Å². The van der Waals surface area contributed by atoms with Gasteiger partial charge in [0.25, 0.3) is 0 Å². The van der Waals surface area contributed by atoms with E-state index in [1.165, 1.54) is 12.1 Å². The maximum absolute atomic E-state index is 11.4. The molecule has 2 aromatic carbocycles. The van der Waals surface area contributed by atoms with Crippen molar-refractivity contribution in [2.24, 2.45) is 7.05 Å². The Kier molecular flexibility index (Phi) is 2.68. The molecule has 0 aliphatic heterocycles. The van der Waals surface area contributed by atoms with E-state index < -0.39 is 0 Å². The van der Waals surface area contributed by atoms with Crippen LogP contribution in [0.4, 0.5) is 5.82 Å². The zero-order valence-corrected chi connectivity index (χ0v) is 10.8. The number of fused-ring (bicyclic) bond motifs is 1. The lowest BCUT2D eigenvalue weighted by molar-refractivity contribution is -0.390. The number of para-hydroxylation sites is 1. The minimum absolute atomic E-state index is 0.0527. The monoisotopic (exact) mass is 268 g/mol. The van der Waals surface area contributed by atoms with E-state index in [2.05, 4.69) is 0 Å². The highest BCUT2D eigenvalue weighted by Crippen LogP contribution is 2.39. The zero-order valence-electron chi connectivity index (χ0n) is 10.8. The van der Waals surface area contributed by atoms with Crippen molar-refractivity contribution in [2.45, 2.75) is 0 Å². The summed E-state index contributed by atoms with van der Waals surface area (Å²) in [7, 11) is 1.68. The molecule has 0 aliphatic carbocycles. The average molecular weight is 268 g/mol. The number of aromatic hydroxyl groups is 1. The topological polar surface area (TPSA) is 68.3 Å². The van der Waals surface area contributed by atoms with Gasteiger partial charge >= 0.3 is 5.82 Å². The van der Waals surface area contributed by atoms with Crippen LogP contribution < -0.4 is 0 Å². The van der Waals surface area contributed by atoms with Gasteiger partial charge < -0.3 is 15.2 Å². The predicted octanol–water partition coefficient (Wildman–Crippen LogP) is 3.46. The third-order valence-electron chi connectivity index (χ3n) is 3.40. The third kappa shape index (κ3) is 1.72. The molecule has 0 unspecified atom stereocenters. The second-order valence-electron chi connectivity index (χ2n) is 4.58. The molecular formula is C15H12N2O3. The summed E-state index contributed by atoms with van der Waals surface area (Å²) in [6.07, 6.45) is 0. The summed E-state index contributed by atoms with van der Waals surface area (Å²) < 4.78 is 1.58. The Morgan fingerprint density at radius 1 is 1.10 bits per heavy atom. The SMILES string of the molecule is Cn1c([N+](=O)[O-])c(-c2ccc(O)cc2)c2ccccc21. The Labute approximate surface area is 114 Å². The van der Waals surface area contributed by atoms with Gasteiger partial charge in [0.2, 0.25) is 0 Å². The number of hydrogen-bond donors (Lipinski definition) is 1. The molecule has 3 rings (SSSR count). The van der Waals surface area contributed by atoms with Crippen LogP contribution in [0.15, 0.2) is 48.5 Å². The zero-order chi connectivity index (χ0) is 14.3. The quantitative estimate of drug-likeness (QED) is 0.571. The fourth-order valence-corrected chi connectivity index (χ4v) is 2.51. The van der Waals surface area contributed by atoms with Gasteiger partial charge in [0.1, 0.15) is 11.3 Å². The predicted molar refractivity (Wildman–Crippen MR) is 76.7 cm³/mol.